The number of carbonyl (C=O) groups is 6. The summed E-state index contributed by atoms with van der Waals surface area (Å²) >= 11 is 0. The summed E-state index contributed by atoms with van der Waals surface area (Å²) in [5, 5.41) is 8.45. The second-order valence-electron chi connectivity index (χ2n) is 6.20. The van der Waals surface area contributed by atoms with Crippen LogP contribution >= 0.6 is 0 Å². The summed E-state index contributed by atoms with van der Waals surface area (Å²) in [7, 11) is 0. The molecule has 0 aromatic rings. The van der Waals surface area contributed by atoms with Crippen LogP contribution in [-0.2, 0) is 43.0 Å². The van der Waals surface area contributed by atoms with Gasteiger partial charge >= 0.3 is 29.8 Å². The van der Waals surface area contributed by atoms with E-state index >= 15 is 0 Å². The first-order valence-corrected chi connectivity index (χ1v) is 8.29. The Morgan fingerprint density at radius 3 is 1.74 bits per heavy atom. The molecule has 0 aliphatic carbocycles. The lowest BCUT2D eigenvalue weighted by Gasteiger charge is -2.14. The molecule has 0 heterocycles. The molecule has 1 N–H and O–H groups in total. The summed E-state index contributed by atoms with van der Waals surface area (Å²) in [4.78, 5) is 66.4. The van der Waals surface area contributed by atoms with Gasteiger partial charge in [-0.2, -0.15) is 0 Å². The van der Waals surface area contributed by atoms with Gasteiger partial charge in [0.1, 0.15) is 0 Å². The molecule has 0 aliphatic rings. The van der Waals surface area contributed by atoms with E-state index in [4.69, 9.17) is 14.6 Å². The zero-order valence-electron chi connectivity index (χ0n) is 15.5. The van der Waals surface area contributed by atoms with Crippen LogP contribution in [0.1, 0.15) is 46.5 Å². The number of aliphatic carboxylic acids is 1. The molecule has 0 radical (unpaired) electrons. The first kappa shape index (κ1) is 24.2. The summed E-state index contributed by atoms with van der Waals surface area (Å²) in [6.07, 6.45) is -0.810. The fourth-order valence-electron chi connectivity index (χ4n) is 1.71. The number of hydrogen-bond donors (Lipinski definition) is 1. The van der Waals surface area contributed by atoms with Crippen molar-refractivity contribution in [3.05, 3.63) is 0 Å². The second kappa shape index (κ2) is 12.6. The van der Waals surface area contributed by atoms with Gasteiger partial charge in [-0.3, -0.25) is 24.0 Å². The van der Waals surface area contributed by atoms with Crippen LogP contribution in [0.2, 0.25) is 0 Å². The zero-order chi connectivity index (χ0) is 21.0. The van der Waals surface area contributed by atoms with E-state index in [2.05, 4.69) is 4.74 Å². The molecule has 2 unspecified atom stereocenters. The lowest BCUT2D eigenvalue weighted by molar-refractivity contribution is -0.165. The summed E-state index contributed by atoms with van der Waals surface area (Å²) in [6.45, 7) is 4.08. The highest BCUT2D eigenvalue weighted by molar-refractivity contribution is 6.34. The minimum absolute atomic E-state index is 0.0355. The largest absolute Gasteiger partial charge is 0.481 e. The van der Waals surface area contributed by atoms with E-state index in [1.807, 2.05) is 0 Å². The zero-order valence-corrected chi connectivity index (χ0v) is 15.5. The number of esters is 4. The summed E-state index contributed by atoms with van der Waals surface area (Å²) in [5.74, 6) is -6.11. The molecule has 10 heteroatoms. The van der Waals surface area contributed by atoms with Gasteiger partial charge in [-0.25, -0.2) is 4.79 Å². The van der Waals surface area contributed by atoms with Crippen molar-refractivity contribution in [1.29, 1.82) is 0 Å². The molecular weight excluding hydrogens is 364 g/mol. The molecule has 0 aromatic carbocycles. The van der Waals surface area contributed by atoms with Crippen molar-refractivity contribution in [2.24, 2.45) is 11.8 Å². The van der Waals surface area contributed by atoms with Crippen molar-refractivity contribution in [3.63, 3.8) is 0 Å². The Balaban J connectivity index is 4.01. The average Bonchev–Trinajstić information content (AvgIpc) is 2.55. The molecule has 0 rings (SSSR count). The van der Waals surface area contributed by atoms with Gasteiger partial charge in [-0.05, 0) is 0 Å². The van der Waals surface area contributed by atoms with E-state index in [9.17, 15) is 28.8 Å². The molecule has 0 aliphatic heterocycles. The van der Waals surface area contributed by atoms with Gasteiger partial charge in [0, 0.05) is 18.8 Å². The Morgan fingerprint density at radius 2 is 1.26 bits per heavy atom. The Morgan fingerprint density at radius 1 is 0.778 bits per heavy atom. The molecule has 0 aromatic heterocycles. The van der Waals surface area contributed by atoms with Gasteiger partial charge < -0.3 is 19.3 Å². The van der Waals surface area contributed by atoms with Crippen LogP contribution in [0.5, 0.6) is 0 Å². The highest BCUT2D eigenvalue weighted by atomic mass is 16.6. The number of hydrogen-bond acceptors (Lipinski definition) is 9. The SMILES string of the molecule is CC(=O)C(=O)OC(=O)CC(C)COC(=O)CC(C)COC(=O)CCC(=O)O. The second-order valence-corrected chi connectivity index (χ2v) is 6.20. The summed E-state index contributed by atoms with van der Waals surface area (Å²) < 4.78 is 14.1. The van der Waals surface area contributed by atoms with Crippen LogP contribution in [0.4, 0.5) is 0 Å². The number of carboxylic acid groups (broad SMARTS) is 1. The van der Waals surface area contributed by atoms with Crippen LogP contribution in [0.3, 0.4) is 0 Å². The van der Waals surface area contributed by atoms with Crippen LogP contribution < -0.4 is 0 Å². The van der Waals surface area contributed by atoms with Crippen molar-refractivity contribution in [1.82, 2.24) is 0 Å². The smallest absolute Gasteiger partial charge is 0.381 e. The van der Waals surface area contributed by atoms with E-state index in [1.54, 1.807) is 13.8 Å². The van der Waals surface area contributed by atoms with Crippen LogP contribution in [0.25, 0.3) is 0 Å². The van der Waals surface area contributed by atoms with E-state index in [0.717, 1.165) is 6.92 Å². The number of rotatable bonds is 12. The fourth-order valence-corrected chi connectivity index (χ4v) is 1.71. The van der Waals surface area contributed by atoms with Crippen molar-refractivity contribution < 1.29 is 48.1 Å². The van der Waals surface area contributed by atoms with Crippen LogP contribution in [0, 0.1) is 11.8 Å². The lowest BCUT2D eigenvalue weighted by atomic mass is 10.1. The van der Waals surface area contributed by atoms with Crippen molar-refractivity contribution in [2.75, 3.05) is 13.2 Å². The van der Waals surface area contributed by atoms with Crippen molar-refractivity contribution in [3.8, 4) is 0 Å². The Bertz CT molecular complexity index is 580. The lowest BCUT2D eigenvalue weighted by Crippen LogP contribution is -2.22. The number of ether oxygens (including phenoxy) is 3. The quantitative estimate of drug-likeness (QED) is 0.218. The topological polar surface area (TPSA) is 150 Å². The van der Waals surface area contributed by atoms with E-state index in [-0.39, 0.29) is 44.8 Å². The summed E-state index contributed by atoms with van der Waals surface area (Å²) in [6, 6.07) is 0. The highest BCUT2D eigenvalue weighted by Gasteiger charge is 2.19. The van der Waals surface area contributed by atoms with E-state index in [0.29, 0.717) is 0 Å². The Labute approximate surface area is 156 Å². The summed E-state index contributed by atoms with van der Waals surface area (Å²) in [5.41, 5.74) is 0. The number of Topliss-reactive ketones (excluding diaryl/α,β-unsaturated/α-hetero) is 1. The highest BCUT2D eigenvalue weighted by Crippen LogP contribution is 2.09. The molecular formula is C17H24O10. The Hall–Kier alpha value is -2.78. The molecule has 152 valence electrons. The third kappa shape index (κ3) is 13.1. The maximum Gasteiger partial charge on any atom is 0.381 e. The van der Waals surface area contributed by atoms with Gasteiger partial charge in [-0.15, -0.1) is 0 Å². The van der Waals surface area contributed by atoms with Crippen LogP contribution in [0.15, 0.2) is 0 Å². The molecule has 0 fully saturated rings. The molecule has 0 saturated heterocycles. The molecule has 0 spiro atoms. The molecule has 0 amide bonds. The number of carbonyl (C=O) groups excluding carboxylic acids is 5. The standard InChI is InChI=1S/C17H24O10/c1-10(8-25-14(21)5-4-13(19)20)6-15(22)26-9-11(2)7-16(23)27-17(24)12(3)18/h10-11H,4-9H2,1-3H3,(H,19,20). The first-order chi connectivity index (χ1) is 12.5. The number of carboxylic acids is 1. The minimum atomic E-state index is -1.24. The molecule has 2 atom stereocenters. The number of ketones is 1. The predicted molar refractivity (Wildman–Crippen MR) is 88.1 cm³/mol. The minimum Gasteiger partial charge on any atom is -0.481 e. The van der Waals surface area contributed by atoms with Gasteiger partial charge in [0.25, 0.3) is 0 Å². The third-order valence-electron chi connectivity index (χ3n) is 3.12. The predicted octanol–water partition coefficient (Wildman–Crippen LogP) is 0.649. The van der Waals surface area contributed by atoms with E-state index in [1.165, 1.54) is 0 Å². The molecule has 0 saturated carbocycles. The molecule has 27 heavy (non-hydrogen) atoms. The van der Waals surface area contributed by atoms with E-state index < -0.39 is 41.5 Å². The molecule has 10 nitrogen and oxygen atoms in total. The van der Waals surface area contributed by atoms with Gasteiger partial charge in [0.2, 0.25) is 5.78 Å². The maximum absolute atomic E-state index is 11.7. The van der Waals surface area contributed by atoms with Gasteiger partial charge in [-0.1, -0.05) is 13.8 Å². The fraction of sp³-hybridized carbons (Fsp3) is 0.647. The monoisotopic (exact) mass is 388 g/mol. The average molecular weight is 388 g/mol. The maximum atomic E-state index is 11.7. The Kier molecular flexibility index (Phi) is 11.3. The normalized spacial score (nSPS) is 12.4. The first-order valence-electron chi connectivity index (χ1n) is 8.29. The molecule has 0 bridgehead atoms. The van der Waals surface area contributed by atoms with Gasteiger partial charge in [0.15, 0.2) is 0 Å². The third-order valence-corrected chi connectivity index (χ3v) is 3.12. The van der Waals surface area contributed by atoms with Crippen molar-refractivity contribution in [2.45, 2.75) is 46.5 Å². The van der Waals surface area contributed by atoms with Gasteiger partial charge in [0.05, 0.1) is 38.9 Å². The van der Waals surface area contributed by atoms with Crippen LogP contribution in [-0.4, -0.2) is 54.0 Å². The van der Waals surface area contributed by atoms with Crippen molar-refractivity contribution >= 4 is 35.6 Å².